The number of nitrogens with two attached hydrogens (primary N) is 1. The number of fused-ring (bicyclic) bond motifs is 1. The summed E-state index contributed by atoms with van der Waals surface area (Å²) in [6.07, 6.45) is 0. The van der Waals surface area contributed by atoms with Gasteiger partial charge in [0.15, 0.2) is 0 Å². The molecule has 3 aromatic carbocycles. The van der Waals surface area contributed by atoms with E-state index < -0.39 is 67.5 Å². The summed E-state index contributed by atoms with van der Waals surface area (Å²) in [7, 11) is -16.2. The average molecular weight is 759 g/mol. The van der Waals surface area contributed by atoms with Crippen LogP contribution < -0.4 is 105 Å². The molecule has 2 amide bonds. The molecular weight excluding hydrogens is 748 g/mol. The second kappa shape index (κ2) is 16.5. The molecule has 18 nitrogen and oxygen atoms in total. The molecule has 0 saturated heterocycles. The first-order valence-corrected chi connectivity index (χ1v) is 15.8. The van der Waals surface area contributed by atoms with Crippen molar-refractivity contribution in [3.63, 3.8) is 0 Å². The molecule has 46 heavy (non-hydrogen) atoms. The third kappa shape index (κ3) is 11.0. The van der Waals surface area contributed by atoms with Gasteiger partial charge in [-0.05, 0) is 71.1 Å². The van der Waals surface area contributed by atoms with Gasteiger partial charge in [0.25, 0.3) is 0 Å². The molecule has 0 aliphatic rings. The Kier molecular flexibility index (Phi) is 15.4. The zero-order valence-corrected chi connectivity index (χ0v) is 33.4. The molecule has 1 heterocycles. The van der Waals surface area contributed by atoms with E-state index in [0.29, 0.717) is 18.2 Å². The average Bonchev–Trinajstić information content (AvgIpc) is 2.84. The van der Waals surface area contributed by atoms with Gasteiger partial charge in [0.1, 0.15) is 41.7 Å². The maximum absolute atomic E-state index is 12.0. The molecular formula is C20H11Cl2N8Na3O10S3. The van der Waals surface area contributed by atoms with Crippen LogP contribution in [0.15, 0.2) is 67.4 Å². The minimum atomic E-state index is -5.45. The number of nitrogens with one attached hydrogen (secondary N) is 2. The number of rotatable bonds is 8. The van der Waals surface area contributed by atoms with Gasteiger partial charge in [0, 0.05) is 11.1 Å². The molecule has 0 aliphatic carbocycles. The molecule has 26 heteroatoms. The number of primary amides is 1. The number of amides is 2. The largest absolute Gasteiger partial charge is 1.00 e. The van der Waals surface area contributed by atoms with Crippen LogP contribution >= 0.6 is 23.2 Å². The number of hydrogen-bond donors (Lipinski definition) is 3. The molecule has 4 aromatic rings. The molecule has 0 spiro atoms. The number of anilines is 3. The van der Waals surface area contributed by atoms with Crippen molar-refractivity contribution in [3.05, 3.63) is 53.0 Å². The number of azo groups is 1. The van der Waals surface area contributed by atoms with Gasteiger partial charge in [-0.1, -0.05) is 0 Å². The number of hydrogen-bond acceptors (Lipinski definition) is 16. The Balaban J connectivity index is 0.00000353. The Hall–Kier alpha value is -1.09. The van der Waals surface area contributed by atoms with Gasteiger partial charge < -0.3 is 30.0 Å². The fraction of sp³-hybridized carbons (Fsp3) is 0. The van der Waals surface area contributed by atoms with E-state index in [0.717, 1.165) is 0 Å². The van der Waals surface area contributed by atoms with Gasteiger partial charge in [0.05, 0.1) is 20.4 Å². The first-order valence-electron chi connectivity index (χ1n) is 10.8. The van der Waals surface area contributed by atoms with Crippen LogP contribution in [0.2, 0.25) is 10.6 Å². The van der Waals surface area contributed by atoms with Gasteiger partial charge in [-0.3, -0.25) is 0 Å². The SMILES string of the molecule is NC(=O)Nc1cc(Nc2nc(Cl)nc(Cl)n2)ccc1N=Nc1cc2c(S(=O)(=O)[O-])cc(S(=O)(=O)[O-])cc2cc1S(=O)(=O)[O-].[Na+].[Na+].[Na+]. The van der Waals surface area contributed by atoms with E-state index in [4.69, 9.17) is 28.9 Å². The summed E-state index contributed by atoms with van der Waals surface area (Å²) in [4.78, 5) is 19.3. The van der Waals surface area contributed by atoms with E-state index in [9.17, 15) is 43.7 Å². The van der Waals surface area contributed by atoms with E-state index in [1.807, 2.05) is 0 Å². The zero-order chi connectivity index (χ0) is 31.9. The van der Waals surface area contributed by atoms with Gasteiger partial charge in [-0.15, -0.1) is 10.2 Å². The fourth-order valence-corrected chi connectivity index (χ4v) is 5.82. The fourth-order valence-electron chi connectivity index (χ4n) is 3.50. The van der Waals surface area contributed by atoms with Crippen molar-refractivity contribution in [1.82, 2.24) is 15.0 Å². The normalized spacial score (nSPS) is 11.7. The van der Waals surface area contributed by atoms with E-state index in [1.54, 1.807) is 0 Å². The number of carbonyl (C=O) groups is 1. The second-order valence-corrected chi connectivity index (χ2v) is 12.8. The maximum atomic E-state index is 12.0. The summed E-state index contributed by atoms with van der Waals surface area (Å²) in [5, 5.41) is 10.8. The number of benzene rings is 3. The predicted octanol–water partition coefficient (Wildman–Crippen LogP) is -6.29. The summed E-state index contributed by atoms with van der Waals surface area (Å²) in [5.74, 6) is -0.0945. The van der Waals surface area contributed by atoms with E-state index in [2.05, 4.69) is 35.8 Å². The molecule has 4 rings (SSSR count). The Morgan fingerprint density at radius 3 is 1.83 bits per heavy atom. The van der Waals surface area contributed by atoms with Crippen LogP contribution in [0.4, 0.5) is 33.5 Å². The minimum absolute atomic E-state index is 0. The summed E-state index contributed by atoms with van der Waals surface area (Å²) in [5.41, 5.74) is 4.31. The molecule has 0 saturated carbocycles. The molecule has 0 radical (unpaired) electrons. The maximum Gasteiger partial charge on any atom is 1.00 e. The number of nitrogens with zero attached hydrogens (tertiary/aromatic N) is 5. The summed E-state index contributed by atoms with van der Waals surface area (Å²) < 4.78 is 106. The third-order valence-corrected chi connectivity index (χ3v) is 8.05. The van der Waals surface area contributed by atoms with Crippen molar-refractivity contribution in [1.29, 1.82) is 0 Å². The topological polar surface area (TPSA) is 302 Å². The monoisotopic (exact) mass is 758 g/mol. The Morgan fingerprint density at radius 1 is 0.739 bits per heavy atom. The Bertz CT molecular complexity index is 2180. The summed E-state index contributed by atoms with van der Waals surface area (Å²) in [6.45, 7) is 0. The number of aromatic nitrogens is 3. The summed E-state index contributed by atoms with van der Waals surface area (Å²) in [6, 6.07) is 4.82. The van der Waals surface area contributed by atoms with Crippen molar-refractivity contribution in [3.8, 4) is 0 Å². The van der Waals surface area contributed by atoms with Crippen LogP contribution in [0.3, 0.4) is 0 Å². The Labute approximate surface area is 336 Å². The molecule has 0 bridgehead atoms. The smallest absolute Gasteiger partial charge is 0.744 e. The number of carbonyl (C=O) groups excluding carboxylic acids is 1. The zero-order valence-electron chi connectivity index (χ0n) is 23.4. The summed E-state index contributed by atoms with van der Waals surface area (Å²) >= 11 is 11.5. The third-order valence-electron chi connectivity index (χ3n) is 5.15. The van der Waals surface area contributed by atoms with Crippen molar-refractivity contribution in [2.45, 2.75) is 14.7 Å². The van der Waals surface area contributed by atoms with Crippen LogP contribution in [0.5, 0.6) is 0 Å². The Morgan fingerprint density at radius 2 is 1.30 bits per heavy atom. The van der Waals surface area contributed by atoms with Crippen molar-refractivity contribution in [2.75, 3.05) is 10.6 Å². The second-order valence-electron chi connectivity index (χ2n) is 8.07. The molecule has 4 N–H and O–H groups in total. The van der Waals surface area contributed by atoms with E-state index in [1.165, 1.54) is 18.2 Å². The van der Waals surface area contributed by atoms with Crippen LogP contribution in [-0.4, -0.2) is 59.9 Å². The molecule has 1 aromatic heterocycles. The number of halogens is 2. The predicted molar refractivity (Wildman–Crippen MR) is 145 cm³/mol. The molecule has 0 fully saturated rings. The first kappa shape index (κ1) is 42.9. The first-order chi connectivity index (χ1) is 19.8. The van der Waals surface area contributed by atoms with Crippen molar-refractivity contribution < 1.29 is 132 Å². The molecule has 0 aliphatic heterocycles. The van der Waals surface area contributed by atoms with Crippen LogP contribution in [-0.2, 0) is 30.4 Å². The van der Waals surface area contributed by atoms with Gasteiger partial charge >= 0.3 is 94.7 Å². The molecule has 0 atom stereocenters. The standard InChI is InChI=1S/C20H14Cl2N8O10S3.3Na/c21-17-26-18(22)28-20(27-17)24-9-1-2-12(13(5-9)25-19(23)31)29-30-14-7-11-8(4-16(14)43(38,39)40)3-10(41(32,33)34)6-15(11)42(35,36)37;;;/h1-7H,(H3,23,25,31)(H,32,33,34)(H,35,36,37)(H,38,39,40)(H,24,26,27,28);;;/q;3*+1/p-3. The molecule has 0 unspecified atom stereocenters. The van der Waals surface area contributed by atoms with E-state index >= 15 is 0 Å². The molecule has 226 valence electrons. The van der Waals surface area contributed by atoms with Crippen molar-refractivity contribution >= 4 is 99.1 Å². The van der Waals surface area contributed by atoms with E-state index in [-0.39, 0.29) is 128 Å². The quantitative estimate of drug-likeness (QED) is 0.0856. The van der Waals surface area contributed by atoms with Gasteiger partial charge in [0.2, 0.25) is 16.5 Å². The minimum Gasteiger partial charge on any atom is -0.744 e. The van der Waals surface area contributed by atoms with Gasteiger partial charge in [-0.25, -0.2) is 30.0 Å². The van der Waals surface area contributed by atoms with Crippen LogP contribution in [0.1, 0.15) is 0 Å². The van der Waals surface area contributed by atoms with Gasteiger partial charge in [-0.2, -0.15) is 15.0 Å². The number of urea groups is 1. The van der Waals surface area contributed by atoms with Crippen LogP contribution in [0, 0.1) is 0 Å². The van der Waals surface area contributed by atoms with Crippen LogP contribution in [0.25, 0.3) is 10.8 Å². The van der Waals surface area contributed by atoms with Crippen molar-refractivity contribution in [2.24, 2.45) is 16.0 Å².